The lowest BCUT2D eigenvalue weighted by Crippen LogP contribution is -2.42. The maximum absolute atomic E-state index is 12.0. The Hall–Kier alpha value is -1.10. The number of amides is 1. The van der Waals surface area contributed by atoms with E-state index in [2.05, 4.69) is 5.32 Å². The van der Waals surface area contributed by atoms with Gasteiger partial charge in [-0.3, -0.25) is 9.69 Å². The van der Waals surface area contributed by atoms with Gasteiger partial charge in [0.05, 0.1) is 12.1 Å². The molecule has 0 heterocycles. The molecule has 1 aromatic rings. The highest BCUT2D eigenvalue weighted by Crippen LogP contribution is 2.14. The molecule has 1 aromatic carbocycles. The topological polar surface area (TPSA) is 52.6 Å². The first-order chi connectivity index (χ1) is 8.40. The van der Waals surface area contributed by atoms with E-state index < -0.39 is 6.10 Å². The number of aliphatic hydroxyl groups is 1. The Morgan fingerprint density at radius 1 is 1.39 bits per heavy atom. The van der Waals surface area contributed by atoms with Crippen LogP contribution in [-0.4, -0.2) is 41.7 Å². The fourth-order valence-corrected chi connectivity index (χ4v) is 1.68. The van der Waals surface area contributed by atoms with E-state index >= 15 is 0 Å². The molecule has 1 amide bonds. The number of carbonyl (C=O) groups excluding carboxylic acids is 1. The lowest BCUT2D eigenvalue weighted by atomic mass is 10.2. The minimum absolute atomic E-state index is 0.111. The first kappa shape index (κ1) is 15.0. The molecular weight excluding hydrogens is 252 g/mol. The van der Waals surface area contributed by atoms with Gasteiger partial charge in [-0.2, -0.15) is 0 Å². The van der Waals surface area contributed by atoms with E-state index in [-0.39, 0.29) is 11.9 Å². The number of anilines is 1. The number of halogens is 1. The van der Waals surface area contributed by atoms with Gasteiger partial charge < -0.3 is 10.4 Å². The van der Waals surface area contributed by atoms with Crippen molar-refractivity contribution in [2.24, 2.45) is 0 Å². The summed E-state index contributed by atoms with van der Waals surface area (Å²) in [5.74, 6) is -0.111. The molecule has 0 radical (unpaired) electrons. The molecule has 0 aliphatic carbocycles. The number of carbonyl (C=O) groups is 1. The molecule has 0 saturated heterocycles. The molecule has 0 aromatic heterocycles. The molecule has 100 valence electrons. The highest BCUT2D eigenvalue weighted by molar-refractivity contribution is 6.30. The summed E-state index contributed by atoms with van der Waals surface area (Å²) in [6, 6.07) is 6.64. The number of hydrogen-bond donors (Lipinski definition) is 2. The summed E-state index contributed by atoms with van der Waals surface area (Å²) in [5.41, 5.74) is 0.710. The Labute approximate surface area is 113 Å². The van der Waals surface area contributed by atoms with E-state index in [4.69, 9.17) is 11.6 Å². The first-order valence-corrected chi connectivity index (χ1v) is 6.22. The zero-order valence-corrected chi connectivity index (χ0v) is 11.6. The molecule has 0 spiro atoms. The van der Waals surface area contributed by atoms with Crippen molar-refractivity contribution in [3.63, 3.8) is 0 Å². The minimum Gasteiger partial charge on any atom is -0.392 e. The van der Waals surface area contributed by atoms with Crippen LogP contribution in [-0.2, 0) is 4.79 Å². The largest absolute Gasteiger partial charge is 0.392 e. The van der Waals surface area contributed by atoms with Gasteiger partial charge in [-0.1, -0.05) is 11.6 Å². The lowest BCUT2D eigenvalue weighted by molar-refractivity contribution is -0.120. The second kappa shape index (κ2) is 6.73. The molecule has 0 saturated carbocycles. The van der Waals surface area contributed by atoms with Crippen molar-refractivity contribution < 1.29 is 9.90 Å². The average Bonchev–Trinajstić information content (AvgIpc) is 2.30. The van der Waals surface area contributed by atoms with Gasteiger partial charge >= 0.3 is 0 Å². The monoisotopic (exact) mass is 270 g/mol. The van der Waals surface area contributed by atoms with E-state index in [1.165, 1.54) is 0 Å². The van der Waals surface area contributed by atoms with Gasteiger partial charge in [-0.25, -0.2) is 0 Å². The number of aliphatic hydroxyl groups excluding tert-OH is 1. The van der Waals surface area contributed by atoms with Crippen molar-refractivity contribution in [1.29, 1.82) is 0 Å². The van der Waals surface area contributed by atoms with Crippen LogP contribution >= 0.6 is 11.6 Å². The normalized spacial score (nSPS) is 14.3. The quantitative estimate of drug-likeness (QED) is 0.860. The minimum atomic E-state index is -0.458. The van der Waals surface area contributed by atoms with Crippen LogP contribution < -0.4 is 5.32 Å². The van der Waals surface area contributed by atoms with Crippen LogP contribution in [0.4, 0.5) is 5.69 Å². The number of nitrogens with zero attached hydrogens (tertiary/aromatic N) is 1. The van der Waals surface area contributed by atoms with Crippen LogP contribution in [0.2, 0.25) is 5.02 Å². The van der Waals surface area contributed by atoms with Crippen molar-refractivity contribution in [3.8, 4) is 0 Å². The molecule has 0 bridgehead atoms. The van der Waals surface area contributed by atoms with Crippen molar-refractivity contribution in [2.45, 2.75) is 26.0 Å². The molecule has 18 heavy (non-hydrogen) atoms. The summed E-state index contributed by atoms with van der Waals surface area (Å²) in [7, 11) is 1.80. The second-order valence-electron chi connectivity index (χ2n) is 4.46. The molecule has 0 unspecified atom stereocenters. The maximum atomic E-state index is 12.0. The number of benzene rings is 1. The van der Waals surface area contributed by atoms with E-state index in [0.29, 0.717) is 17.3 Å². The second-order valence-corrected chi connectivity index (χ2v) is 4.90. The highest BCUT2D eigenvalue weighted by Gasteiger charge is 2.18. The SMILES string of the molecule is C[C@@H](O)CN(C)[C@@H](C)C(=O)Nc1ccc(Cl)cc1. The Bertz CT molecular complexity index is 392. The number of rotatable bonds is 5. The number of hydrogen-bond acceptors (Lipinski definition) is 3. The third-order valence-electron chi connectivity index (χ3n) is 2.70. The third kappa shape index (κ3) is 4.64. The van der Waals surface area contributed by atoms with Gasteiger partial charge in [0, 0.05) is 17.3 Å². The van der Waals surface area contributed by atoms with E-state index in [0.717, 1.165) is 0 Å². The Morgan fingerprint density at radius 2 is 1.94 bits per heavy atom. The van der Waals surface area contributed by atoms with Crippen molar-refractivity contribution in [3.05, 3.63) is 29.3 Å². The van der Waals surface area contributed by atoms with E-state index in [9.17, 15) is 9.90 Å². The van der Waals surface area contributed by atoms with Crippen molar-refractivity contribution in [2.75, 3.05) is 18.9 Å². The van der Waals surface area contributed by atoms with Crippen LogP contribution in [0.1, 0.15) is 13.8 Å². The van der Waals surface area contributed by atoms with E-state index in [1.807, 2.05) is 0 Å². The molecule has 5 heteroatoms. The van der Waals surface area contributed by atoms with Crippen LogP contribution in [0.3, 0.4) is 0 Å². The summed E-state index contributed by atoms with van der Waals surface area (Å²) in [6.07, 6.45) is -0.458. The Balaban J connectivity index is 2.56. The number of nitrogens with one attached hydrogen (secondary N) is 1. The van der Waals surface area contributed by atoms with Gasteiger partial charge in [0.25, 0.3) is 0 Å². The van der Waals surface area contributed by atoms with Crippen LogP contribution in [0.15, 0.2) is 24.3 Å². The summed E-state index contributed by atoms with van der Waals surface area (Å²) in [5, 5.41) is 12.7. The predicted molar refractivity (Wildman–Crippen MR) is 73.9 cm³/mol. The zero-order valence-electron chi connectivity index (χ0n) is 10.9. The molecule has 0 aliphatic heterocycles. The fourth-order valence-electron chi connectivity index (χ4n) is 1.55. The Kier molecular flexibility index (Phi) is 5.59. The third-order valence-corrected chi connectivity index (χ3v) is 2.96. The van der Waals surface area contributed by atoms with Crippen molar-refractivity contribution >= 4 is 23.2 Å². The molecule has 0 fully saturated rings. The molecule has 2 atom stereocenters. The van der Waals surface area contributed by atoms with Gasteiger partial charge in [0.1, 0.15) is 0 Å². The fraction of sp³-hybridized carbons (Fsp3) is 0.462. The first-order valence-electron chi connectivity index (χ1n) is 5.85. The summed E-state index contributed by atoms with van der Waals surface area (Å²) < 4.78 is 0. The van der Waals surface area contributed by atoms with Gasteiger partial charge in [-0.05, 0) is 45.2 Å². The van der Waals surface area contributed by atoms with E-state index in [1.54, 1.807) is 50.1 Å². The molecule has 0 aliphatic rings. The lowest BCUT2D eigenvalue weighted by Gasteiger charge is -2.24. The summed E-state index contributed by atoms with van der Waals surface area (Å²) >= 11 is 5.77. The van der Waals surface area contributed by atoms with Gasteiger partial charge in [0.2, 0.25) is 5.91 Å². The maximum Gasteiger partial charge on any atom is 0.241 e. The summed E-state index contributed by atoms with van der Waals surface area (Å²) in [6.45, 7) is 3.95. The zero-order chi connectivity index (χ0) is 13.7. The van der Waals surface area contributed by atoms with Crippen LogP contribution in [0.25, 0.3) is 0 Å². The molecule has 2 N–H and O–H groups in total. The predicted octanol–water partition coefficient (Wildman–Crippen LogP) is 1.98. The molecular formula is C13H19ClN2O2. The summed E-state index contributed by atoms with van der Waals surface area (Å²) in [4.78, 5) is 13.8. The molecule has 1 rings (SSSR count). The van der Waals surface area contributed by atoms with Gasteiger partial charge in [-0.15, -0.1) is 0 Å². The molecule has 4 nitrogen and oxygen atoms in total. The highest BCUT2D eigenvalue weighted by atomic mass is 35.5. The standard InChI is InChI=1S/C13H19ClN2O2/c1-9(17)8-16(3)10(2)13(18)15-12-6-4-11(14)5-7-12/h4-7,9-10,17H,8H2,1-3H3,(H,15,18)/t9-,10+/m1/s1. The smallest absolute Gasteiger partial charge is 0.241 e. The average molecular weight is 271 g/mol. The Morgan fingerprint density at radius 3 is 2.44 bits per heavy atom. The van der Waals surface area contributed by atoms with Crippen LogP contribution in [0, 0.1) is 0 Å². The number of likely N-dealkylation sites (N-methyl/N-ethyl adjacent to an activating group) is 1. The van der Waals surface area contributed by atoms with Crippen LogP contribution in [0.5, 0.6) is 0 Å². The van der Waals surface area contributed by atoms with Crippen molar-refractivity contribution in [1.82, 2.24) is 4.90 Å². The van der Waals surface area contributed by atoms with Gasteiger partial charge in [0.15, 0.2) is 0 Å².